The van der Waals surface area contributed by atoms with Crippen LogP contribution in [0.1, 0.15) is 18.1 Å². The Balaban J connectivity index is 1.68. The molecular weight excluding hydrogens is 397 g/mol. The Morgan fingerprint density at radius 2 is 2.17 bits per heavy atom. The molecular formula is C20H19ClFN5O2. The van der Waals surface area contributed by atoms with Crippen LogP contribution in [-0.2, 0) is 12.1 Å². The van der Waals surface area contributed by atoms with Crippen LogP contribution in [0.5, 0.6) is 0 Å². The van der Waals surface area contributed by atoms with Gasteiger partial charge in [0.15, 0.2) is 0 Å². The lowest BCUT2D eigenvalue weighted by atomic mass is 9.93. The molecule has 0 saturated carbocycles. The lowest BCUT2D eigenvalue weighted by Gasteiger charge is -2.29. The zero-order chi connectivity index (χ0) is 20.6. The number of aliphatic hydroxyl groups is 1. The zero-order valence-corrected chi connectivity index (χ0v) is 16.3. The SMILES string of the molecule is CC(CO)(Nc1nc2c(Cn3cc[nH]c3=O)cccc2[nH]1)c1ccc(F)c(Cl)c1. The van der Waals surface area contributed by atoms with Gasteiger partial charge in [-0.1, -0.05) is 29.8 Å². The lowest BCUT2D eigenvalue weighted by molar-refractivity contribution is 0.223. The molecule has 0 amide bonds. The molecule has 0 fully saturated rings. The molecule has 0 aliphatic carbocycles. The largest absolute Gasteiger partial charge is 0.394 e. The zero-order valence-electron chi connectivity index (χ0n) is 15.5. The first-order chi connectivity index (χ1) is 13.9. The van der Waals surface area contributed by atoms with Gasteiger partial charge in [-0.15, -0.1) is 0 Å². The number of nitrogens with one attached hydrogen (secondary N) is 3. The Kier molecular flexibility index (Phi) is 4.89. The number of imidazole rings is 2. The number of anilines is 1. The highest BCUT2D eigenvalue weighted by Gasteiger charge is 2.28. The maximum absolute atomic E-state index is 13.5. The van der Waals surface area contributed by atoms with E-state index in [2.05, 4.69) is 20.3 Å². The number of fused-ring (bicyclic) bond motifs is 1. The fourth-order valence-corrected chi connectivity index (χ4v) is 3.42. The van der Waals surface area contributed by atoms with Gasteiger partial charge in [0.25, 0.3) is 0 Å². The Morgan fingerprint density at radius 3 is 2.86 bits per heavy atom. The number of hydrogen-bond donors (Lipinski definition) is 4. The third-order valence-electron chi connectivity index (χ3n) is 4.93. The molecule has 0 bridgehead atoms. The molecule has 9 heteroatoms. The third kappa shape index (κ3) is 3.64. The van der Waals surface area contributed by atoms with Crippen LogP contribution in [0.3, 0.4) is 0 Å². The maximum Gasteiger partial charge on any atom is 0.325 e. The van der Waals surface area contributed by atoms with E-state index in [0.717, 1.165) is 11.1 Å². The predicted octanol–water partition coefficient (Wildman–Crippen LogP) is 3.21. The fourth-order valence-electron chi connectivity index (χ4n) is 3.24. The van der Waals surface area contributed by atoms with E-state index in [4.69, 9.17) is 11.6 Å². The first kappa shape index (κ1) is 19.2. The van der Waals surface area contributed by atoms with Gasteiger partial charge in [0.2, 0.25) is 5.95 Å². The van der Waals surface area contributed by atoms with E-state index < -0.39 is 11.4 Å². The third-order valence-corrected chi connectivity index (χ3v) is 5.22. The van der Waals surface area contributed by atoms with Crippen molar-refractivity contribution in [3.63, 3.8) is 0 Å². The van der Waals surface area contributed by atoms with Gasteiger partial charge < -0.3 is 20.4 Å². The molecule has 0 spiro atoms. The molecule has 150 valence electrons. The van der Waals surface area contributed by atoms with Crippen molar-refractivity contribution in [1.82, 2.24) is 19.5 Å². The van der Waals surface area contributed by atoms with Gasteiger partial charge in [0.05, 0.1) is 34.7 Å². The number of aromatic amines is 2. The monoisotopic (exact) mass is 415 g/mol. The van der Waals surface area contributed by atoms with Gasteiger partial charge in [-0.2, -0.15) is 0 Å². The molecule has 2 aromatic heterocycles. The number of para-hydroxylation sites is 1. The first-order valence-corrected chi connectivity index (χ1v) is 9.33. The van der Waals surface area contributed by atoms with Crippen molar-refractivity contribution < 1.29 is 9.50 Å². The van der Waals surface area contributed by atoms with Crippen molar-refractivity contribution in [2.24, 2.45) is 0 Å². The number of hydrogen-bond acceptors (Lipinski definition) is 4. The average Bonchev–Trinajstić information content (AvgIpc) is 3.30. The van der Waals surface area contributed by atoms with Crippen LogP contribution in [0.15, 0.2) is 53.6 Å². The maximum atomic E-state index is 13.5. The van der Waals surface area contributed by atoms with Gasteiger partial charge in [-0.3, -0.25) is 4.57 Å². The quantitative estimate of drug-likeness (QED) is 0.388. The van der Waals surface area contributed by atoms with Crippen LogP contribution in [0.2, 0.25) is 5.02 Å². The van der Waals surface area contributed by atoms with Crippen molar-refractivity contribution in [1.29, 1.82) is 0 Å². The van der Waals surface area contributed by atoms with Gasteiger partial charge in [0, 0.05) is 12.4 Å². The lowest BCUT2D eigenvalue weighted by Crippen LogP contribution is -2.36. The smallest absolute Gasteiger partial charge is 0.325 e. The van der Waals surface area contributed by atoms with Gasteiger partial charge in [-0.25, -0.2) is 14.2 Å². The highest BCUT2D eigenvalue weighted by Crippen LogP contribution is 2.29. The van der Waals surface area contributed by atoms with Gasteiger partial charge >= 0.3 is 5.69 Å². The van der Waals surface area contributed by atoms with E-state index in [-0.39, 0.29) is 17.3 Å². The molecule has 4 rings (SSSR count). The van der Waals surface area contributed by atoms with Crippen LogP contribution in [0.25, 0.3) is 11.0 Å². The Labute approximate surface area is 170 Å². The van der Waals surface area contributed by atoms with Crippen molar-refractivity contribution in [3.05, 3.63) is 81.2 Å². The standard InChI is InChI=1S/C20H19ClFN5O2/c1-20(11-28,13-5-6-15(22)14(21)9-13)26-18-24-16-4-2-3-12(17(16)25-18)10-27-8-7-23-19(27)29/h2-9,28H,10-11H2,1H3,(H,23,29)(H2,24,25,26). The molecule has 2 heterocycles. The number of nitrogens with zero attached hydrogens (tertiary/aromatic N) is 2. The normalized spacial score (nSPS) is 13.5. The van der Waals surface area contributed by atoms with Crippen LogP contribution in [-0.4, -0.2) is 31.2 Å². The molecule has 4 aromatic rings. The van der Waals surface area contributed by atoms with Crippen molar-refractivity contribution in [2.45, 2.75) is 19.0 Å². The molecule has 0 radical (unpaired) electrons. The van der Waals surface area contributed by atoms with E-state index in [1.54, 1.807) is 30.0 Å². The summed E-state index contributed by atoms with van der Waals surface area (Å²) in [5.41, 5.74) is 1.83. The van der Waals surface area contributed by atoms with Crippen LogP contribution in [0.4, 0.5) is 10.3 Å². The Morgan fingerprint density at radius 1 is 1.34 bits per heavy atom. The number of rotatable bonds is 6. The Hall–Kier alpha value is -3.10. The molecule has 7 nitrogen and oxygen atoms in total. The molecule has 1 unspecified atom stereocenters. The van der Waals surface area contributed by atoms with Crippen LogP contribution >= 0.6 is 11.6 Å². The number of H-pyrrole nitrogens is 2. The highest BCUT2D eigenvalue weighted by atomic mass is 35.5. The van der Waals surface area contributed by atoms with E-state index in [1.807, 2.05) is 18.2 Å². The molecule has 4 N–H and O–H groups in total. The topological polar surface area (TPSA) is 98.7 Å². The summed E-state index contributed by atoms with van der Waals surface area (Å²) in [6.07, 6.45) is 3.26. The summed E-state index contributed by atoms with van der Waals surface area (Å²) in [5, 5.41) is 13.2. The van der Waals surface area contributed by atoms with E-state index >= 15 is 0 Å². The minimum Gasteiger partial charge on any atom is -0.394 e. The molecule has 1 atom stereocenters. The summed E-state index contributed by atoms with van der Waals surface area (Å²) < 4.78 is 15.1. The summed E-state index contributed by atoms with van der Waals surface area (Å²) >= 11 is 5.91. The predicted molar refractivity (Wildman–Crippen MR) is 110 cm³/mol. The van der Waals surface area contributed by atoms with E-state index in [1.165, 1.54) is 12.1 Å². The van der Waals surface area contributed by atoms with E-state index in [9.17, 15) is 14.3 Å². The summed E-state index contributed by atoms with van der Waals surface area (Å²) in [7, 11) is 0. The average molecular weight is 416 g/mol. The van der Waals surface area contributed by atoms with Gasteiger partial charge in [-0.05, 0) is 36.2 Å². The minimum atomic E-state index is -0.942. The highest BCUT2D eigenvalue weighted by molar-refractivity contribution is 6.30. The molecule has 0 aliphatic rings. The number of benzene rings is 2. The molecule has 0 saturated heterocycles. The minimum absolute atomic E-state index is 0.0205. The fraction of sp³-hybridized carbons (Fsp3) is 0.200. The second-order valence-electron chi connectivity index (χ2n) is 7.04. The summed E-state index contributed by atoms with van der Waals surface area (Å²) in [5.74, 6) is -0.0880. The molecule has 29 heavy (non-hydrogen) atoms. The molecule has 0 aliphatic heterocycles. The number of aliphatic hydroxyl groups excluding tert-OH is 1. The summed E-state index contributed by atoms with van der Waals surface area (Å²) in [6.45, 7) is 1.87. The second kappa shape index (κ2) is 7.38. The van der Waals surface area contributed by atoms with Crippen molar-refractivity contribution in [3.8, 4) is 0 Å². The first-order valence-electron chi connectivity index (χ1n) is 8.95. The van der Waals surface area contributed by atoms with E-state index in [0.29, 0.717) is 23.6 Å². The summed E-state index contributed by atoms with van der Waals surface area (Å²) in [4.78, 5) is 22.2. The van der Waals surface area contributed by atoms with Crippen LogP contribution < -0.4 is 11.0 Å². The van der Waals surface area contributed by atoms with Crippen molar-refractivity contribution in [2.75, 3.05) is 11.9 Å². The summed E-state index contributed by atoms with van der Waals surface area (Å²) in [6, 6.07) is 9.96. The Bertz CT molecular complexity index is 1230. The number of halogens is 2. The second-order valence-corrected chi connectivity index (χ2v) is 7.44. The number of aromatic nitrogens is 4. The van der Waals surface area contributed by atoms with Crippen molar-refractivity contribution >= 4 is 28.6 Å². The van der Waals surface area contributed by atoms with Gasteiger partial charge in [0.1, 0.15) is 5.82 Å². The van der Waals surface area contributed by atoms with Crippen LogP contribution in [0, 0.1) is 5.82 Å². The molecule has 2 aromatic carbocycles.